The average molecular weight is 284 g/mol. The number of aryl methyl sites for hydroxylation is 1. The molecule has 1 aliphatic rings. The summed E-state index contributed by atoms with van der Waals surface area (Å²) in [5, 5.41) is 0. The SMILES string of the molecule is CCc1cc(Br)c2c(c1)C(N)(CC)CCO2. The minimum Gasteiger partial charge on any atom is -0.492 e. The molecule has 1 heterocycles. The molecule has 1 atom stereocenters. The number of halogens is 1. The Morgan fingerprint density at radius 2 is 2.19 bits per heavy atom. The molecule has 0 fully saturated rings. The molecule has 1 aromatic carbocycles. The first-order valence-corrected chi connectivity index (χ1v) is 6.64. The summed E-state index contributed by atoms with van der Waals surface area (Å²) >= 11 is 3.57. The van der Waals surface area contributed by atoms with Crippen molar-refractivity contribution in [3.05, 3.63) is 27.7 Å². The Morgan fingerprint density at radius 1 is 1.44 bits per heavy atom. The zero-order chi connectivity index (χ0) is 11.8. The van der Waals surface area contributed by atoms with E-state index in [1.165, 1.54) is 5.56 Å². The summed E-state index contributed by atoms with van der Waals surface area (Å²) in [4.78, 5) is 0. The Hall–Kier alpha value is -0.540. The summed E-state index contributed by atoms with van der Waals surface area (Å²) in [6.45, 7) is 5.00. The van der Waals surface area contributed by atoms with Crippen molar-refractivity contribution in [1.82, 2.24) is 0 Å². The van der Waals surface area contributed by atoms with Gasteiger partial charge in [-0.15, -0.1) is 0 Å². The fourth-order valence-electron chi connectivity index (χ4n) is 2.21. The predicted molar refractivity (Wildman–Crippen MR) is 69.8 cm³/mol. The third-order valence-corrected chi connectivity index (χ3v) is 4.06. The highest BCUT2D eigenvalue weighted by Crippen LogP contribution is 2.42. The van der Waals surface area contributed by atoms with E-state index >= 15 is 0 Å². The van der Waals surface area contributed by atoms with Crippen LogP contribution in [0.3, 0.4) is 0 Å². The first kappa shape index (κ1) is 11.9. The summed E-state index contributed by atoms with van der Waals surface area (Å²) in [7, 11) is 0. The molecule has 0 saturated heterocycles. The van der Waals surface area contributed by atoms with Crippen LogP contribution in [0.4, 0.5) is 0 Å². The maximum Gasteiger partial charge on any atom is 0.138 e. The zero-order valence-corrected chi connectivity index (χ0v) is 11.4. The number of fused-ring (bicyclic) bond motifs is 1. The summed E-state index contributed by atoms with van der Waals surface area (Å²) in [6.07, 6.45) is 2.87. The van der Waals surface area contributed by atoms with Crippen molar-refractivity contribution in [2.24, 2.45) is 5.73 Å². The van der Waals surface area contributed by atoms with Gasteiger partial charge in [0.1, 0.15) is 5.75 Å². The highest BCUT2D eigenvalue weighted by molar-refractivity contribution is 9.10. The van der Waals surface area contributed by atoms with Crippen LogP contribution in [0, 0.1) is 0 Å². The van der Waals surface area contributed by atoms with Crippen LogP contribution in [0.5, 0.6) is 5.75 Å². The van der Waals surface area contributed by atoms with Gasteiger partial charge in [-0.1, -0.05) is 19.9 Å². The molecule has 2 nitrogen and oxygen atoms in total. The number of hydrogen-bond donors (Lipinski definition) is 1. The number of hydrogen-bond acceptors (Lipinski definition) is 2. The Balaban J connectivity index is 2.58. The highest BCUT2D eigenvalue weighted by atomic mass is 79.9. The molecule has 0 spiro atoms. The van der Waals surface area contributed by atoms with Gasteiger partial charge in [0.2, 0.25) is 0 Å². The molecule has 0 aliphatic carbocycles. The maximum atomic E-state index is 6.46. The normalized spacial score (nSPS) is 23.8. The van der Waals surface area contributed by atoms with Crippen LogP contribution in [-0.4, -0.2) is 6.61 Å². The zero-order valence-electron chi connectivity index (χ0n) is 9.85. The molecule has 0 radical (unpaired) electrons. The molecule has 0 bridgehead atoms. The van der Waals surface area contributed by atoms with E-state index in [2.05, 4.69) is 41.9 Å². The number of benzene rings is 1. The topological polar surface area (TPSA) is 35.2 Å². The largest absolute Gasteiger partial charge is 0.492 e. The molecular weight excluding hydrogens is 266 g/mol. The van der Waals surface area contributed by atoms with E-state index in [1.807, 2.05) is 0 Å². The van der Waals surface area contributed by atoms with Gasteiger partial charge in [-0.25, -0.2) is 0 Å². The van der Waals surface area contributed by atoms with Crippen LogP contribution in [0.2, 0.25) is 0 Å². The molecule has 88 valence electrons. The van der Waals surface area contributed by atoms with Crippen molar-refractivity contribution in [2.45, 2.75) is 38.6 Å². The maximum absolute atomic E-state index is 6.46. The Labute approximate surface area is 105 Å². The second kappa shape index (κ2) is 4.38. The van der Waals surface area contributed by atoms with Crippen LogP contribution >= 0.6 is 15.9 Å². The van der Waals surface area contributed by atoms with E-state index in [0.717, 1.165) is 35.0 Å². The van der Waals surface area contributed by atoms with E-state index in [4.69, 9.17) is 10.5 Å². The van der Waals surface area contributed by atoms with E-state index in [-0.39, 0.29) is 5.54 Å². The van der Waals surface area contributed by atoms with E-state index in [0.29, 0.717) is 6.61 Å². The first-order valence-electron chi connectivity index (χ1n) is 5.85. The van der Waals surface area contributed by atoms with Crippen LogP contribution in [0.25, 0.3) is 0 Å². The second-order valence-corrected chi connectivity index (χ2v) is 5.27. The lowest BCUT2D eigenvalue weighted by molar-refractivity contribution is 0.211. The van der Waals surface area contributed by atoms with Crippen molar-refractivity contribution in [1.29, 1.82) is 0 Å². The monoisotopic (exact) mass is 283 g/mol. The van der Waals surface area contributed by atoms with Crippen LogP contribution < -0.4 is 10.5 Å². The first-order chi connectivity index (χ1) is 7.60. The van der Waals surface area contributed by atoms with Crippen molar-refractivity contribution >= 4 is 15.9 Å². The third-order valence-electron chi connectivity index (χ3n) is 3.47. The smallest absolute Gasteiger partial charge is 0.138 e. The van der Waals surface area contributed by atoms with Gasteiger partial charge in [0.25, 0.3) is 0 Å². The number of rotatable bonds is 2. The third kappa shape index (κ3) is 1.87. The van der Waals surface area contributed by atoms with Crippen molar-refractivity contribution in [3.8, 4) is 5.75 Å². The predicted octanol–water partition coefficient (Wildman–Crippen LogP) is 3.36. The average Bonchev–Trinajstić information content (AvgIpc) is 2.30. The van der Waals surface area contributed by atoms with Crippen LogP contribution in [-0.2, 0) is 12.0 Å². The van der Waals surface area contributed by atoms with Gasteiger partial charge in [-0.3, -0.25) is 0 Å². The Morgan fingerprint density at radius 3 is 2.81 bits per heavy atom. The fraction of sp³-hybridized carbons (Fsp3) is 0.538. The molecule has 2 rings (SSSR count). The molecule has 2 N–H and O–H groups in total. The van der Waals surface area contributed by atoms with Gasteiger partial charge in [0, 0.05) is 17.5 Å². The molecular formula is C13H18BrNO. The highest BCUT2D eigenvalue weighted by Gasteiger charge is 2.33. The fourth-order valence-corrected chi connectivity index (χ4v) is 2.83. The molecule has 0 amide bonds. The van der Waals surface area contributed by atoms with Gasteiger partial charge in [-0.2, -0.15) is 0 Å². The second-order valence-electron chi connectivity index (χ2n) is 4.42. The minimum absolute atomic E-state index is 0.221. The molecule has 1 unspecified atom stereocenters. The minimum atomic E-state index is -0.221. The lowest BCUT2D eigenvalue weighted by atomic mass is 9.82. The van der Waals surface area contributed by atoms with Gasteiger partial charge < -0.3 is 10.5 Å². The lowest BCUT2D eigenvalue weighted by Gasteiger charge is -2.35. The molecule has 1 aromatic rings. The molecule has 16 heavy (non-hydrogen) atoms. The summed E-state index contributed by atoms with van der Waals surface area (Å²) < 4.78 is 6.76. The van der Waals surface area contributed by atoms with Gasteiger partial charge in [-0.05, 0) is 40.4 Å². The van der Waals surface area contributed by atoms with Gasteiger partial charge in [0.05, 0.1) is 11.1 Å². The van der Waals surface area contributed by atoms with Crippen molar-refractivity contribution in [2.75, 3.05) is 6.61 Å². The molecule has 3 heteroatoms. The summed E-state index contributed by atoms with van der Waals surface area (Å²) in [5.74, 6) is 0.938. The van der Waals surface area contributed by atoms with Crippen LogP contribution in [0.1, 0.15) is 37.8 Å². The Bertz CT molecular complexity index is 405. The Kier molecular flexibility index (Phi) is 3.27. The van der Waals surface area contributed by atoms with Crippen LogP contribution in [0.15, 0.2) is 16.6 Å². The quantitative estimate of drug-likeness (QED) is 0.903. The lowest BCUT2D eigenvalue weighted by Crippen LogP contribution is -2.41. The molecule has 0 aromatic heterocycles. The molecule has 1 aliphatic heterocycles. The van der Waals surface area contributed by atoms with E-state index < -0.39 is 0 Å². The van der Waals surface area contributed by atoms with Crippen molar-refractivity contribution < 1.29 is 4.74 Å². The standard InChI is InChI=1S/C13H18BrNO/c1-3-9-7-10-12(11(14)8-9)16-6-5-13(10,15)4-2/h7-8H,3-6,15H2,1-2H3. The van der Waals surface area contributed by atoms with E-state index in [1.54, 1.807) is 0 Å². The number of nitrogens with two attached hydrogens (primary N) is 1. The van der Waals surface area contributed by atoms with E-state index in [9.17, 15) is 0 Å². The van der Waals surface area contributed by atoms with Gasteiger partial charge in [0.15, 0.2) is 0 Å². The summed E-state index contributed by atoms with van der Waals surface area (Å²) in [5.41, 5.74) is 8.71. The molecule has 0 saturated carbocycles. The van der Waals surface area contributed by atoms with Gasteiger partial charge >= 0.3 is 0 Å². The number of ether oxygens (including phenoxy) is 1. The summed E-state index contributed by atoms with van der Waals surface area (Å²) in [6, 6.07) is 4.32. The van der Waals surface area contributed by atoms with Crippen molar-refractivity contribution in [3.63, 3.8) is 0 Å².